The Morgan fingerprint density at radius 2 is 1.50 bits per heavy atom. The largest absolute Gasteiger partial charge is 0.497 e. The van der Waals surface area contributed by atoms with E-state index in [4.69, 9.17) is 19.9 Å². The molecule has 0 aliphatic carbocycles. The maximum Gasteiger partial charge on any atom is 0.228 e. The Labute approximate surface area is 204 Å². The predicted octanol–water partition coefficient (Wildman–Crippen LogP) is 3.29. The molecule has 0 bridgehead atoms. The van der Waals surface area contributed by atoms with Gasteiger partial charge in [0, 0.05) is 30.1 Å². The number of aromatic nitrogens is 3. The van der Waals surface area contributed by atoms with Crippen LogP contribution in [-0.2, 0) is 16.0 Å². The first kappa shape index (κ1) is 25.7. The normalized spacial score (nSPS) is 10.8. The number of thioether (sulfide) groups is 1. The summed E-state index contributed by atoms with van der Waals surface area (Å²) >= 11 is 1.69. The molecule has 10 heteroatoms. The van der Waals surface area contributed by atoms with Crippen molar-refractivity contribution in [1.82, 2.24) is 15.0 Å². The van der Waals surface area contributed by atoms with Gasteiger partial charge in [0.1, 0.15) is 5.75 Å². The molecule has 2 aromatic carbocycles. The van der Waals surface area contributed by atoms with Crippen LogP contribution in [0.1, 0.15) is 5.56 Å². The van der Waals surface area contributed by atoms with Crippen LogP contribution >= 0.6 is 11.8 Å². The fourth-order valence-corrected chi connectivity index (χ4v) is 3.38. The minimum Gasteiger partial charge on any atom is -0.497 e. The number of rotatable bonds is 15. The number of nitrogens with two attached hydrogens (primary N) is 1. The summed E-state index contributed by atoms with van der Waals surface area (Å²) in [5.74, 6) is 2.39. The van der Waals surface area contributed by atoms with E-state index in [1.54, 1.807) is 18.9 Å². The van der Waals surface area contributed by atoms with E-state index in [0.717, 1.165) is 16.9 Å². The Morgan fingerprint density at radius 1 is 0.824 bits per heavy atom. The molecule has 0 aliphatic rings. The highest BCUT2D eigenvalue weighted by Gasteiger charge is 2.09. The number of benzene rings is 2. The molecular weight excluding hydrogens is 452 g/mol. The Hall–Kier alpha value is -2.92. The van der Waals surface area contributed by atoms with Crippen LogP contribution in [0.15, 0.2) is 53.4 Å². The number of anilines is 2. The van der Waals surface area contributed by atoms with E-state index in [9.17, 15) is 0 Å². The lowest BCUT2D eigenvalue weighted by Crippen LogP contribution is -2.16. The fourth-order valence-electron chi connectivity index (χ4n) is 2.97. The number of hydrogen-bond acceptors (Lipinski definition) is 10. The fraction of sp³-hybridized carbons (Fsp3) is 0.375. The molecule has 3 rings (SSSR count). The first-order valence-corrected chi connectivity index (χ1v) is 12.3. The summed E-state index contributed by atoms with van der Waals surface area (Å²) in [7, 11) is 1.65. The Kier molecular flexibility index (Phi) is 10.9. The van der Waals surface area contributed by atoms with Crippen LogP contribution in [0.3, 0.4) is 0 Å². The highest BCUT2D eigenvalue weighted by molar-refractivity contribution is 7.98. The van der Waals surface area contributed by atoms with Crippen LogP contribution in [0.25, 0.3) is 11.4 Å². The van der Waals surface area contributed by atoms with Gasteiger partial charge in [-0.2, -0.15) is 15.0 Å². The third-order valence-corrected chi connectivity index (χ3v) is 5.50. The van der Waals surface area contributed by atoms with Crippen molar-refractivity contribution < 1.29 is 14.2 Å². The second kappa shape index (κ2) is 14.4. The van der Waals surface area contributed by atoms with E-state index in [2.05, 4.69) is 37.7 Å². The maximum absolute atomic E-state index is 5.57. The molecule has 182 valence electrons. The van der Waals surface area contributed by atoms with Crippen LogP contribution in [0.2, 0.25) is 0 Å². The van der Waals surface area contributed by atoms with Gasteiger partial charge in [-0.3, -0.25) is 0 Å². The number of hydrogen-bond donors (Lipinski definition) is 3. The molecular formula is C24H32N6O3S. The van der Waals surface area contributed by atoms with E-state index in [1.807, 2.05) is 42.7 Å². The summed E-state index contributed by atoms with van der Waals surface area (Å²) in [4.78, 5) is 15.0. The van der Waals surface area contributed by atoms with Crippen molar-refractivity contribution in [1.29, 1.82) is 0 Å². The van der Waals surface area contributed by atoms with Crippen LogP contribution in [-0.4, -0.2) is 67.8 Å². The van der Waals surface area contributed by atoms with Crippen molar-refractivity contribution in [2.75, 3.05) is 63.5 Å². The highest BCUT2D eigenvalue weighted by Crippen LogP contribution is 2.22. The monoisotopic (exact) mass is 484 g/mol. The summed E-state index contributed by atoms with van der Waals surface area (Å²) < 4.78 is 16.1. The number of methoxy groups -OCH3 is 1. The quantitative estimate of drug-likeness (QED) is 0.219. The van der Waals surface area contributed by atoms with Crippen molar-refractivity contribution in [2.45, 2.75) is 11.4 Å². The summed E-state index contributed by atoms with van der Waals surface area (Å²) in [5.41, 5.74) is 7.41. The minimum atomic E-state index is 0.485. The Morgan fingerprint density at radius 3 is 2.15 bits per heavy atom. The second-order valence-electron chi connectivity index (χ2n) is 7.18. The van der Waals surface area contributed by atoms with Crippen molar-refractivity contribution in [3.05, 3.63) is 54.1 Å². The zero-order valence-corrected chi connectivity index (χ0v) is 20.4. The van der Waals surface area contributed by atoms with Gasteiger partial charge in [-0.1, -0.05) is 24.3 Å². The SMILES string of the molecule is COc1ccc(CNc2nc(NCCOCCOCCN)nc(-c3ccc(SC)cc3)n2)cc1. The lowest BCUT2D eigenvalue weighted by atomic mass is 10.2. The van der Waals surface area contributed by atoms with Crippen molar-refractivity contribution in [2.24, 2.45) is 5.73 Å². The average molecular weight is 485 g/mol. The van der Waals surface area contributed by atoms with Gasteiger partial charge >= 0.3 is 0 Å². The van der Waals surface area contributed by atoms with Gasteiger partial charge in [-0.25, -0.2) is 0 Å². The molecule has 1 aromatic heterocycles. The number of ether oxygens (including phenoxy) is 3. The average Bonchev–Trinajstić information content (AvgIpc) is 2.89. The molecule has 9 nitrogen and oxygen atoms in total. The van der Waals surface area contributed by atoms with Crippen molar-refractivity contribution >= 4 is 23.7 Å². The Balaban J connectivity index is 1.65. The van der Waals surface area contributed by atoms with E-state index in [-0.39, 0.29) is 0 Å². The van der Waals surface area contributed by atoms with E-state index in [1.165, 1.54) is 4.90 Å². The molecule has 0 atom stereocenters. The minimum absolute atomic E-state index is 0.485. The molecule has 0 unspecified atom stereocenters. The first-order valence-electron chi connectivity index (χ1n) is 11.1. The van der Waals surface area contributed by atoms with Gasteiger partial charge in [-0.15, -0.1) is 11.8 Å². The van der Waals surface area contributed by atoms with E-state index >= 15 is 0 Å². The topological polar surface area (TPSA) is 116 Å². The molecule has 1 heterocycles. The van der Waals surface area contributed by atoms with Crippen molar-refractivity contribution in [3.8, 4) is 17.1 Å². The molecule has 4 N–H and O–H groups in total. The van der Waals surface area contributed by atoms with Gasteiger partial charge < -0.3 is 30.6 Å². The van der Waals surface area contributed by atoms with Gasteiger partial charge in [0.05, 0.1) is 33.5 Å². The predicted molar refractivity (Wildman–Crippen MR) is 137 cm³/mol. The third-order valence-electron chi connectivity index (χ3n) is 4.76. The molecule has 0 amide bonds. The summed E-state index contributed by atoms with van der Waals surface area (Å²) in [6.07, 6.45) is 2.05. The van der Waals surface area contributed by atoms with Crippen LogP contribution in [0, 0.1) is 0 Å². The van der Waals surface area contributed by atoms with Gasteiger partial charge in [0.2, 0.25) is 11.9 Å². The van der Waals surface area contributed by atoms with Crippen LogP contribution in [0.4, 0.5) is 11.9 Å². The molecule has 0 spiro atoms. The molecule has 0 saturated carbocycles. The van der Waals surface area contributed by atoms with Crippen LogP contribution in [0.5, 0.6) is 5.75 Å². The molecule has 34 heavy (non-hydrogen) atoms. The molecule has 3 aromatic rings. The first-order chi connectivity index (χ1) is 16.7. The lowest BCUT2D eigenvalue weighted by molar-refractivity contribution is 0.0547. The van der Waals surface area contributed by atoms with Gasteiger partial charge in [0.25, 0.3) is 0 Å². The standard InChI is InChI=1S/C24H32N6O3S/c1-31-20-7-3-18(4-8-20)17-27-24-29-22(19-5-9-21(34-2)10-6-19)28-23(30-24)26-12-14-33-16-15-32-13-11-25/h3-10H,11-17,25H2,1-2H3,(H2,26,27,28,29,30). The summed E-state index contributed by atoms with van der Waals surface area (Å²) in [6.45, 7) is 3.73. The summed E-state index contributed by atoms with van der Waals surface area (Å²) in [6, 6.07) is 16.0. The second-order valence-corrected chi connectivity index (χ2v) is 8.06. The lowest BCUT2D eigenvalue weighted by Gasteiger charge is -2.11. The zero-order valence-electron chi connectivity index (χ0n) is 19.6. The highest BCUT2D eigenvalue weighted by atomic mass is 32.2. The number of nitrogens with zero attached hydrogens (tertiary/aromatic N) is 3. The summed E-state index contributed by atoms with van der Waals surface area (Å²) in [5, 5.41) is 6.52. The molecule has 0 aliphatic heterocycles. The Bertz CT molecular complexity index is 989. The molecule has 0 radical (unpaired) electrons. The third kappa shape index (κ3) is 8.45. The van der Waals surface area contributed by atoms with E-state index in [0.29, 0.717) is 63.8 Å². The van der Waals surface area contributed by atoms with E-state index < -0.39 is 0 Å². The van der Waals surface area contributed by atoms with Crippen LogP contribution < -0.4 is 21.1 Å². The molecule has 0 fully saturated rings. The van der Waals surface area contributed by atoms with Gasteiger partial charge in [-0.05, 0) is 36.1 Å². The number of nitrogens with one attached hydrogen (secondary N) is 2. The zero-order chi connectivity index (χ0) is 24.0. The smallest absolute Gasteiger partial charge is 0.228 e. The van der Waals surface area contributed by atoms with Crippen molar-refractivity contribution in [3.63, 3.8) is 0 Å². The van der Waals surface area contributed by atoms with Gasteiger partial charge in [0.15, 0.2) is 5.82 Å². The maximum atomic E-state index is 5.57. The molecule has 0 saturated heterocycles.